The Kier molecular flexibility index (Phi) is 4.83. The van der Waals surface area contributed by atoms with E-state index < -0.39 is 36.0 Å². The average Bonchev–Trinajstić information content (AvgIpc) is 2.78. The lowest BCUT2D eigenvalue weighted by atomic mass is 10.1. The summed E-state index contributed by atoms with van der Waals surface area (Å²) in [5.74, 6) is -1.64. The van der Waals surface area contributed by atoms with E-state index in [0.29, 0.717) is 5.56 Å². The van der Waals surface area contributed by atoms with Gasteiger partial charge in [-0.2, -0.15) is 0 Å². The third-order valence-corrected chi connectivity index (χ3v) is 3.54. The molecule has 4 atom stereocenters. The van der Waals surface area contributed by atoms with Crippen LogP contribution in [0.2, 0.25) is 0 Å². The van der Waals surface area contributed by atoms with Gasteiger partial charge in [0.25, 0.3) is 5.56 Å². The molecule has 9 heteroatoms. The molecule has 1 aliphatic rings. The minimum absolute atomic E-state index is 0.0326. The van der Waals surface area contributed by atoms with Crippen LogP contribution in [0.5, 0.6) is 0 Å². The Hall–Kier alpha value is -1.52. The molecule has 124 valence electrons. The summed E-state index contributed by atoms with van der Waals surface area (Å²) >= 11 is 0. The van der Waals surface area contributed by atoms with E-state index in [2.05, 4.69) is 4.98 Å². The molecule has 1 unspecified atom stereocenters. The predicted molar refractivity (Wildman–Crippen MR) is 76.2 cm³/mol. The van der Waals surface area contributed by atoms with Gasteiger partial charge in [0.2, 0.25) is 5.79 Å². The van der Waals surface area contributed by atoms with Crippen LogP contribution in [-0.2, 0) is 9.47 Å². The number of aromatic nitrogens is 2. The van der Waals surface area contributed by atoms with Crippen molar-refractivity contribution in [3.05, 3.63) is 32.6 Å². The van der Waals surface area contributed by atoms with Crippen molar-refractivity contribution in [3.8, 4) is 0 Å². The van der Waals surface area contributed by atoms with Gasteiger partial charge in [0.15, 0.2) is 0 Å². The zero-order valence-electron chi connectivity index (χ0n) is 12.5. The number of ether oxygens (including phenoxy) is 2. The second-order valence-electron chi connectivity index (χ2n) is 5.56. The third-order valence-electron chi connectivity index (χ3n) is 3.54. The molecule has 1 saturated heterocycles. The number of aromatic amines is 1. The summed E-state index contributed by atoms with van der Waals surface area (Å²) in [7, 11) is 0. The highest BCUT2D eigenvalue weighted by atomic mass is 16.7. The van der Waals surface area contributed by atoms with Gasteiger partial charge in [-0.25, -0.2) is 4.79 Å². The first-order chi connectivity index (χ1) is 10.3. The summed E-state index contributed by atoms with van der Waals surface area (Å²) < 4.78 is 12.2. The lowest BCUT2D eigenvalue weighted by Crippen LogP contribution is -2.48. The van der Waals surface area contributed by atoms with Crippen LogP contribution in [0.15, 0.2) is 15.8 Å². The van der Waals surface area contributed by atoms with E-state index in [1.54, 1.807) is 13.8 Å². The molecule has 0 spiro atoms. The second-order valence-corrected chi connectivity index (χ2v) is 5.56. The minimum atomic E-state index is -1.64. The van der Waals surface area contributed by atoms with E-state index in [1.807, 2.05) is 0 Å². The number of H-pyrrole nitrogens is 1. The minimum Gasteiger partial charge on any atom is -0.391 e. The Balaban J connectivity index is 2.28. The largest absolute Gasteiger partial charge is 0.391 e. The predicted octanol–water partition coefficient (Wildman–Crippen LogP) is -1.82. The summed E-state index contributed by atoms with van der Waals surface area (Å²) in [6.07, 6.45) is -0.624. The number of rotatable bonds is 5. The van der Waals surface area contributed by atoms with Crippen molar-refractivity contribution in [1.29, 1.82) is 0 Å². The highest BCUT2D eigenvalue weighted by Gasteiger charge is 2.50. The maximum absolute atomic E-state index is 11.9. The number of aliphatic hydroxyl groups is 2. The number of aliphatic hydroxyl groups excluding tert-OH is 2. The first kappa shape index (κ1) is 16.8. The number of hydrogen-bond acceptors (Lipinski definition) is 7. The maximum Gasteiger partial charge on any atom is 0.330 e. The molecule has 0 aromatic carbocycles. The SMILES string of the molecule is Cc1cn([C@H]2C[C@H](O)[C@@](CO)(OCC(C)N)O2)c(=O)[nH]c1=O. The maximum atomic E-state index is 11.9. The average molecular weight is 315 g/mol. The molecule has 1 fully saturated rings. The van der Waals surface area contributed by atoms with Crippen molar-refractivity contribution in [2.24, 2.45) is 5.73 Å². The van der Waals surface area contributed by atoms with Crippen LogP contribution in [0, 0.1) is 6.92 Å². The third kappa shape index (κ3) is 3.13. The topological polar surface area (TPSA) is 140 Å². The first-order valence-electron chi connectivity index (χ1n) is 6.97. The molecule has 5 N–H and O–H groups in total. The van der Waals surface area contributed by atoms with Gasteiger partial charge in [-0.15, -0.1) is 0 Å². The molecule has 1 aromatic rings. The van der Waals surface area contributed by atoms with Crippen molar-refractivity contribution in [2.45, 2.75) is 44.4 Å². The van der Waals surface area contributed by atoms with Crippen molar-refractivity contribution >= 4 is 0 Å². The summed E-state index contributed by atoms with van der Waals surface area (Å²) in [6.45, 7) is 2.74. The van der Waals surface area contributed by atoms with Crippen molar-refractivity contribution in [3.63, 3.8) is 0 Å². The molecule has 1 aromatic heterocycles. The molecule has 0 bridgehead atoms. The Morgan fingerprint density at radius 3 is 2.91 bits per heavy atom. The molecule has 0 amide bonds. The number of nitrogens with zero attached hydrogens (tertiary/aromatic N) is 1. The molecule has 2 rings (SSSR count). The smallest absolute Gasteiger partial charge is 0.330 e. The molecular weight excluding hydrogens is 294 g/mol. The van der Waals surface area contributed by atoms with Gasteiger partial charge < -0.3 is 25.4 Å². The highest BCUT2D eigenvalue weighted by molar-refractivity contribution is 5.02. The van der Waals surface area contributed by atoms with E-state index in [1.165, 1.54) is 6.20 Å². The summed E-state index contributed by atoms with van der Waals surface area (Å²) in [5, 5.41) is 19.7. The molecule has 1 aliphatic heterocycles. The van der Waals surface area contributed by atoms with E-state index >= 15 is 0 Å². The molecule has 0 radical (unpaired) electrons. The second kappa shape index (κ2) is 6.31. The fourth-order valence-electron chi connectivity index (χ4n) is 2.29. The van der Waals surface area contributed by atoms with Crippen molar-refractivity contribution < 1.29 is 19.7 Å². The molecule has 22 heavy (non-hydrogen) atoms. The van der Waals surface area contributed by atoms with Crippen LogP contribution in [0.4, 0.5) is 0 Å². The number of nitrogens with one attached hydrogen (secondary N) is 1. The van der Waals surface area contributed by atoms with E-state index in [-0.39, 0.29) is 19.1 Å². The van der Waals surface area contributed by atoms with Crippen LogP contribution in [0.3, 0.4) is 0 Å². The fourth-order valence-corrected chi connectivity index (χ4v) is 2.29. The van der Waals surface area contributed by atoms with Gasteiger partial charge in [-0.1, -0.05) is 0 Å². The summed E-state index contributed by atoms with van der Waals surface area (Å²) in [4.78, 5) is 25.4. The van der Waals surface area contributed by atoms with E-state index in [9.17, 15) is 19.8 Å². The number of hydrogen-bond donors (Lipinski definition) is 4. The molecule has 0 saturated carbocycles. The molecule has 9 nitrogen and oxygen atoms in total. The van der Waals surface area contributed by atoms with Crippen molar-refractivity contribution in [2.75, 3.05) is 13.2 Å². The lowest BCUT2D eigenvalue weighted by Gasteiger charge is -2.30. The fraction of sp³-hybridized carbons (Fsp3) is 0.692. The van der Waals surface area contributed by atoms with Crippen LogP contribution >= 0.6 is 0 Å². The normalized spacial score (nSPS) is 29.7. The van der Waals surface area contributed by atoms with Gasteiger partial charge in [0.1, 0.15) is 12.3 Å². The van der Waals surface area contributed by atoms with Crippen LogP contribution in [-0.4, -0.2) is 50.9 Å². The molecule has 2 heterocycles. The van der Waals surface area contributed by atoms with E-state index in [4.69, 9.17) is 15.2 Å². The lowest BCUT2D eigenvalue weighted by molar-refractivity contribution is -0.282. The zero-order chi connectivity index (χ0) is 16.5. The summed E-state index contributed by atoms with van der Waals surface area (Å²) in [5.41, 5.74) is 4.78. The van der Waals surface area contributed by atoms with Gasteiger partial charge in [-0.05, 0) is 13.8 Å². The van der Waals surface area contributed by atoms with Crippen LogP contribution in [0.25, 0.3) is 0 Å². The highest BCUT2D eigenvalue weighted by Crippen LogP contribution is 2.36. The van der Waals surface area contributed by atoms with Crippen LogP contribution < -0.4 is 17.0 Å². The number of aryl methyl sites for hydroxylation is 1. The number of nitrogens with two attached hydrogens (primary N) is 1. The molecule has 0 aliphatic carbocycles. The van der Waals surface area contributed by atoms with Gasteiger partial charge in [-0.3, -0.25) is 14.3 Å². The van der Waals surface area contributed by atoms with Crippen LogP contribution in [0.1, 0.15) is 25.1 Å². The Labute approximate surface area is 126 Å². The molecular formula is C13H21N3O6. The summed E-state index contributed by atoms with van der Waals surface area (Å²) in [6, 6.07) is -0.309. The first-order valence-corrected chi connectivity index (χ1v) is 6.97. The zero-order valence-corrected chi connectivity index (χ0v) is 12.5. The standard InChI is InChI=1S/C13H21N3O6/c1-7-4-16(12(20)15-11(7)19)10-3-9(18)13(6-17,22-10)21-5-8(2)14/h4,8-10,17-18H,3,5-6,14H2,1-2H3,(H,15,19,20)/t8?,9-,10+,13-/m0/s1. The Bertz CT molecular complexity index is 639. The monoisotopic (exact) mass is 315 g/mol. The van der Waals surface area contributed by atoms with Crippen molar-refractivity contribution in [1.82, 2.24) is 9.55 Å². The van der Waals surface area contributed by atoms with Gasteiger partial charge in [0, 0.05) is 24.2 Å². The quantitative estimate of drug-likeness (QED) is 0.501. The van der Waals surface area contributed by atoms with E-state index in [0.717, 1.165) is 4.57 Å². The Morgan fingerprint density at radius 2 is 2.32 bits per heavy atom. The van der Waals surface area contributed by atoms with Gasteiger partial charge in [0.05, 0.1) is 13.2 Å². The van der Waals surface area contributed by atoms with Gasteiger partial charge >= 0.3 is 5.69 Å². The Morgan fingerprint density at radius 1 is 1.64 bits per heavy atom.